The summed E-state index contributed by atoms with van der Waals surface area (Å²) in [6.45, 7) is 7.11. The van der Waals surface area contributed by atoms with E-state index in [0.717, 1.165) is 17.9 Å². The smallest absolute Gasteiger partial charge is 0.320 e. The third-order valence-corrected chi connectivity index (χ3v) is 3.40. The first-order valence-electron chi connectivity index (χ1n) is 7.37. The van der Waals surface area contributed by atoms with E-state index < -0.39 is 0 Å². The summed E-state index contributed by atoms with van der Waals surface area (Å²) in [5.74, 6) is 0.696. The summed E-state index contributed by atoms with van der Waals surface area (Å²) >= 11 is 0. The molecule has 2 rings (SSSR count). The van der Waals surface area contributed by atoms with Crippen LogP contribution in [0.4, 0.5) is 0 Å². The predicted molar refractivity (Wildman–Crippen MR) is 79.5 cm³/mol. The summed E-state index contributed by atoms with van der Waals surface area (Å²) in [6.07, 6.45) is -0.0206. The Kier molecular flexibility index (Phi) is 6.02. The molecule has 1 aromatic rings. The number of para-hydroxylation sites is 1. The van der Waals surface area contributed by atoms with Gasteiger partial charge in [0.2, 0.25) is 0 Å². The molecular formula is C16H23NO4. The molecule has 1 aromatic carbocycles. The second-order valence-electron chi connectivity index (χ2n) is 5.11. The standard InChI is InChI=1S/C16H23NO4/c1-3-19-16(18)11-17-8-9-20-14(10-17)12-21-15-7-5-4-6-13(15)2/h4-7,14H,3,8-12H2,1-2H3/t14-/m0/s1. The highest BCUT2D eigenvalue weighted by molar-refractivity contribution is 5.71. The molecule has 1 fully saturated rings. The number of aryl methyl sites for hydroxylation is 1. The molecule has 0 aromatic heterocycles. The molecule has 0 amide bonds. The van der Waals surface area contributed by atoms with Crippen LogP contribution in [0.3, 0.4) is 0 Å². The van der Waals surface area contributed by atoms with E-state index in [-0.39, 0.29) is 12.1 Å². The van der Waals surface area contributed by atoms with Gasteiger partial charge >= 0.3 is 5.97 Å². The fourth-order valence-corrected chi connectivity index (χ4v) is 2.32. The summed E-state index contributed by atoms with van der Waals surface area (Å²) in [7, 11) is 0. The van der Waals surface area contributed by atoms with E-state index >= 15 is 0 Å². The van der Waals surface area contributed by atoms with E-state index in [9.17, 15) is 4.79 Å². The number of benzene rings is 1. The lowest BCUT2D eigenvalue weighted by atomic mass is 10.2. The Labute approximate surface area is 125 Å². The third kappa shape index (κ3) is 5.02. The van der Waals surface area contributed by atoms with Crippen molar-refractivity contribution in [2.45, 2.75) is 20.0 Å². The Balaban J connectivity index is 1.79. The van der Waals surface area contributed by atoms with Crippen LogP contribution in [-0.2, 0) is 14.3 Å². The highest BCUT2D eigenvalue weighted by atomic mass is 16.5. The largest absolute Gasteiger partial charge is 0.491 e. The van der Waals surface area contributed by atoms with Crippen LogP contribution in [0.5, 0.6) is 5.75 Å². The van der Waals surface area contributed by atoms with Gasteiger partial charge in [0.25, 0.3) is 0 Å². The van der Waals surface area contributed by atoms with Crippen molar-refractivity contribution < 1.29 is 19.0 Å². The summed E-state index contributed by atoms with van der Waals surface area (Å²) < 4.78 is 16.5. The molecule has 1 atom stereocenters. The van der Waals surface area contributed by atoms with E-state index in [1.165, 1.54) is 0 Å². The van der Waals surface area contributed by atoms with Crippen LogP contribution in [0.1, 0.15) is 12.5 Å². The van der Waals surface area contributed by atoms with Crippen LogP contribution in [0, 0.1) is 6.92 Å². The molecular weight excluding hydrogens is 270 g/mol. The molecule has 21 heavy (non-hydrogen) atoms. The maximum absolute atomic E-state index is 11.5. The van der Waals surface area contributed by atoms with Crippen molar-refractivity contribution in [1.82, 2.24) is 4.90 Å². The molecule has 0 bridgehead atoms. The second-order valence-corrected chi connectivity index (χ2v) is 5.11. The van der Waals surface area contributed by atoms with Gasteiger partial charge in [-0.05, 0) is 25.5 Å². The van der Waals surface area contributed by atoms with Gasteiger partial charge in [0.1, 0.15) is 18.5 Å². The van der Waals surface area contributed by atoms with Gasteiger partial charge in [-0.3, -0.25) is 9.69 Å². The highest BCUT2D eigenvalue weighted by Crippen LogP contribution is 2.17. The topological polar surface area (TPSA) is 48.0 Å². The van der Waals surface area contributed by atoms with E-state index in [2.05, 4.69) is 0 Å². The van der Waals surface area contributed by atoms with Crippen LogP contribution in [0.25, 0.3) is 0 Å². The SMILES string of the molecule is CCOC(=O)CN1CCO[C@H](COc2ccccc2C)C1. The summed E-state index contributed by atoms with van der Waals surface area (Å²) in [5.41, 5.74) is 1.11. The maximum atomic E-state index is 11.5. The first-order chi connectivity index (χ1) is 10.2. The molecule has 5 nitrogen and oxygen atoms in total. The Morgan fingerprint density at radius 1 is 1.43 bits per heavy atom. The maximum Gasteiger partial charge on any atom is 0.320 e. The first kappa shape index (κ1) is 15.8. The molecule has 1 aliphatic heterocycles. The minimum Gasteiger partial charge on any atom is -0.491 e. The number of carbonyl (C=O) groups is 1. The van der Waals surface area contributed by atoms with Gasteiger partial charge in [-0.25, -0.2) is 0 Å². The number of carbonyl (C=O) groups excluding carboxylic acids is 1. The van der Waals surface area contributed by atoms with E-state index in [4.69, 9.17) is 14.2 Å². The molecule has 1 aliphatic rings. The Morgan fingerprint density at radius 3 is 3.00 bits per heavy atom. The van der Waals surface area contributed by atoms with Gasteiger partial charge in [0.05, 0.1) is 19.8 Å². The summed E-state index contributed by atoms with van der Waals surface area (Å²) in [4.78, 5) is 13.6. The molecule has 0 N–H and O–H groups in total. The summed E-state index contributed by atoms with van der Waals surface area (Å²) in [5, 5.41) is 0. The number of ether oxygens (including phenoxy) is 3. The number of nitrogens with zero attached hydrogens (tertiary/aromatic N) is 1. The number of morpholine rings is 1. The molecule has 1 heterocycles. The van der Waals surface area contributed by atoms with Crippen molar-refractivity contribution >= 4 is 5.97 Å². The lowest BCUT2D eigenvalue weighted by molar-refractivity contribution is -0.146. The summed E-state index contributed by atoms with van der Waals surface area (Å²) in [6, 6.07) is 7.91. The molecule has 0 spiro atoms. The molecule has 0 radical (unpaired) electrons. The molecule has 0 aliphatic carbocycles. The van der Waals surface area contributed by atoms with Gasteiger partial charge in [0, 0.05) is 13.1 Å². The quantitative estimate of drug-likeness (QED) is 0.746. The lowest BCUT2D eigenvalue weighted by Crippen LogP contribution is -2.47. The molecule has 0 unspecified atom stereocenters. The number of hydrogen-bond donors (Lipinski definition) is 0. The minimum absolute atomic E-state index is 0.0206. The van der Waals surface area contributed by atoms with Crippen molar-refractivity contribution in [3.8, 4) is 5.75 Å². The normalized spacial score (nSPS) is 19.2. The number of hydrogen-bond acceptors (Lipinski definition) is 5. The molecule has 0 saturated carbocycles. The fourth-order valence-electron chi connectivity index (χ4n) is 2.32. The van der Waals surface area contributed by atoms with Gasteiger partial charge < -0.3 is 14.2 Å². The number of rotatable bonds is 6. The van der Waals surface area contributed by atoms with Gasteiger partial charge in [-0.1, -0.05) is 18.2 Å². The number of esters is 1. The van der Waals surface area contributed by atoms with Crippen LogP contribution in [0.2, 0.25) is 0 Å². The zero-order valence-electron chi connectivity index (χ0n) is 12.7. The van der Waals surface area contributed by atoms with Crippen molar-refractivity contribution in [3.63, 3.8) is 0 Å². The lowest BCUT2D eigenvalue weighted by Gasteiger charge is -2.32. The van der Waals surface area contributed by atoms with Crippen molar-refractivity contribution in [1.29, 1.82) is 0 Å². The van der Waals surface area contributed by atoms with E-state index in [0.29, 0.717) is 32.9 Å². The van der Waals surface area contributed by atoms with Crippen molar-refractivity contribution in [2.24, 2.45) is 0 Å². The Morgan fingerprint density at radius 2 is 2.24 bits per heavy atom. The second kappa shape index (κ2) is 8.00. The molecule has 116 valence electrons. The van der Waals surface area contributed by atoms with E-state index in [1.807, 2.05) is 43.0 Å². The Hall–Kier alpha value is -1.59. The third-order valence-electron chi connectivity index (χ3n) is 3.40. The average molecular weight is 293 g/mol. The molecule has 1 saturated heterocycles. The fraction of sp³-hybridized carbons (Fsp3) is 0.562. The van der Waals surface area contributed by atoms with E-state index in [1.54, 1.807) is 0 Å². The van der Waals surface area contributed by atoms with Crippen LogP contribution in [-0.4, -0.2) is 56.4 Å². The van der Waals surface area contributed by atoms with Crippen LogP contribution >= 0.6 is 0 Å². The van der Waals surface area contributed by atoms with Gasteiger partial charge in [-0.15, -0.1) is 0 Å². The minimum atomic E-state index is -0.182. The predicted octanol–water partition coefficient (Wildman–Crippen LogP) is 1.64. The average Bonchev–Trinajstić information content (AvgIpc) is 2.47. The van der Waals surface area contributed by atoms with Crippen molar-refractivity contribution in [2.75, 3.05) is 39.5 Å². The monoisotopic (exact) mass is 293 g/mol. The van der Waals surface area contributed by atoms with Gasteiger partial charge in [-0.2, -0.15) is 0 Å². The highest BCUT2D eigenvalue weighted by Gasteiger charge is 2.23. The van der Waals surface area contributed by atoms with Crippen LogP contribution in [0.15, 0.2) is 24.3 Å². The van der Waals surface area contributed by atoms with Crippen molar-refractivity contribution in [3.05, 3.63) is 29.8 Å². The van der Waals surface area contributed by atoms with Gasteiger partial charge in [0.15, 0.2) is 0 Å². The first-order valence-corrected chi connectivity index (χ1v) is 7.37. The zero-order valence-corrected chi connectivity index (χ0v) is 12.7. The Bertz CT molecular complexity index is 463. The zero-order chi connectivity index (χ0) is 15.1. The van der Waals surface area contributed by atoms with Crippen LogP contribution < -0.4 is 4.74 Å². The molecule has 5 heteroatoms.